The molecule has 5 aromatic rings. The number of ether oxygens (including phenoxy) is 1. The summed E-state index contributed by atoms with van der Waals surface area (Å²) >= 11 is 1.66. The Bertz CT molecular complexity index is 1560. The van der Waals surface area contributed by atoms with Crippen molar-refractivity contribution in [3.8, 4) is 16.2 Å². The van der Waals surface area contributed by atoms with Crippen LogP contribution in [0.5, 0.6) is 5.75 Å². The Balaban J connectivity index is 1.30. The van der Waals surface area contributed by atoms with E-state index in [1.807, 2.05) is 47.8 Å². The van der Waals surface area contributed by atoms with Crippen LogP contribution >= 0.6 is 11.3 Å². The monoisotopic (exact) mass is 494 g/mol. The van der Waals surface area contributed by atoms with Gasteiger partial charge in [0.1, 0.15) is 0 Å². The van der Waals surface area contributed by atoms with Gasteiger partial charge < -0.3 is 0 Å². The maximum atomic E-state index is 13.6. The van der Waals surface area contributed by atoms with E-state index >= 15 is 0 Å². The number of halogens is 1. The minimum atomic E-state index is -0.258. The Hall–Kier alpha value is -4.24. The molecule has 0 spiro atoms. The number of nitrogen functional groups attached to an aromatic ring is 1. The molecule has 0 bridgehead atoms. The first-order valence-corrected chi connectivity index (χ1v) is 12.1. The third-order valence-electron chi connectivity index (χ3n) is 5.58. The fourth-order valence-corrected chi connectivity index (χ4v) is 4.44. The molecular weight excluding hydrogens is 472 g/mol. The van der Waals surface area contributed by atoms with Crippen molar-refractivity contribution in [2.45, 2.75) is 6.92 Å². The number of benzene rings is 3. The maximum absolute atomic E-state index is 13.6. The molecule has 177 valence electrons. The zero-order valence-electron chi connectivity index (χ0n) is 19.5. The molecule has 0 aliphatic rings. The van der Waals surface area contributed by atoms with Crippen LogP contribution in [0.25, 0.3) is 21.3 Å². The molecule has 0 aliphatic carbocycles. The molecule has 4 N–H and O–H groups in total. The second-order valence-corrected chi connectivity index (χ2v) is 9.16. The van der Waals surface area contributed by atoms with Crippen LogP contribution < -0.4 is 21.1 Å². The molecule has 0 fully saturated rings. The van der Waals surface area contributed by atoms with E-state index in [9.17, 15) is 4.39 Å². The first-order valence-electron chi connectivity index (χ1n) is 11.2. The first kappa shape index (κ1) is 23.5. The Kier molecular flexibility index (Phi) is 6.64. The number of hydrogen-bond acceptors (Lipinski definition) is 7. The summed E-state index contributed by atoms with van der Waals surface area (Å²) in [4.78, 5) is 9.83. The van der Waals surface area contributed by atoms with Gasteiger partial charge in [0.25, 0.3) is 0 Å². The molecule has 0 atom stereocenters. The second-order valence-electron chi connectivity index (χ2n) is 8.21. The molecule has 2 aromatic heterocycles. The number of anilines is 4. The van der Waals surface area contributed by atoms with Crippen molar-refractivity contribution < 1.29 is 9.13 Å². The zero-order valence-corrected chi connectivity index (χ0v) is 20.3. The summed E-state index contributed by atoms with van der Waals surface area (Å²) in [7, 11) is 6.22. The van der Waals surface area contributed by atoms with E-state index in [-0.39, 0.29) is 12.4 Å². The van der Waals surface area contributed by atoms with Gasteiger partial charge >= 0.3 is 209 Å². The molecule has 3 aromatic carbocycles. The van der Waals surface area contributed by atoms with Crippen molar-refractivity contribution in [1.29, 1.82) is 0 Å². The first-order chi connectivity index (χ1) is 17.5. The SMILES string of the molecule is [B]=C(COc1ccc2ncnc(Nc3ccc(F)c(C)c3)c2c1)Nc1cc(-c2cccs2)ccc1N. The molecule has 0 aliphatic heterocycles. The standard InChI is InChI=1S/C27H22BFN5OS/c1-16-11-18(5-7-21(16)29)33-27-20-13-19(6-9-23(20)31-15-32-27)35-14-26(28)34-24-12-17(4-8-22(24)30)25-3-2-10-36-25/h2-13,15,34H,14,30H2,1H3,(H,31,32,33). The van der Waals surface area contributed by atoms with Crippen LogP contribution in [-0.2, 0) is 0 Å². The van der Waals surface area contributed by atoms with Crippen molar-refractivity contribution in [3.05, 3.63) is 89.8 Å². The molecular formula is C27H22BFN5OS. The van der Waals surface area contributed by atoms with Crippen molar-refractivity contribution in [1.82, 2.24) is 9.97 Å². The molecule has 5 rings (SSSR count). The molecule has 6 nitrogen and oxygen atoms in total. The van der Waals surface area contributed by atoms with E-state index in [1.165, 1.54) is 12.4 Å². The van der Waals surface area contributed by atoms with Crippen molar-refractivity contribution in [3.63, 3.8) is 0 Å². The van der Waals surface area contributed by atoms with Gasteiger partial charge in [-0.05, 0) is 0 Å². The average molecular weight is 494 g/mol. The topological polar surface area (TPSA) is 85.1 Å². The molecule has 0 saturated carbocycles. The number of nitrogens with zero attached hydrogens (tertiary/aromatic N) is 2. The number of hydrogen-bond donors (Lipinski definition) is 3. The molecule has 0 unspecified atom stereocenters. The number of aromatic nitrogens is 2. The van der Waals surface area contributed by atoms with E-state index in [1.54, 1.807) is 30.4 Å². The summed E-state index contributed by atoms with van der Waals surface area (Å²) in [6.07, 6.45) is 1.48. The van der Waals surface area contributed by atoms with Gasteiger partial charge in [-0.3, -0.25) is 0 Å². The van der Waals surface area contributed by atoms with Gasteiger partial charge in [0, 0.05) is 0 Å². The van der Waals surface area contributed by atoms with Crippen LogP contribution in [0.2, 0.25) is 0 Å². The van der Waals surface area contributed by atoms with Crippen molar-refractivity contribution in [2.24, 2.45) is 0 Å². The number of thiophene rings is 1. The van der Waals surface area contributed by atoms with Gasteiger partial charge in [0.2, 0.25) is 0 Å². The molecule has 0 saturated heterocycles. The number of nitrogens with one attached hydrogen (secondary N) is 2. The van der Waals surface area contributed by atoms with Crippen LogP contribution in [0.3, 0.4) is 0 Å². The molecule has 2 heterocycles. The Morgan fingerprint density at radius 3 is 2.78 bits per heavy atom. The summed E-state index contributed by atoms with van der Waals surface area (Å²) in [5.74, 6) is 0.927. The van der Waals surface area contributed by atoms with Crippen molar-refractivity contribution in [2.75, 3.05) is 23.0 Å². The van der Waals surface area contributed by atoms with E-state index in [0.717, 1.165) is 32.7 Å². The molecule has 36 heavy (non-hydrogen) atoms. The van der Waals surface area contributed by atoms with E-state index < -0.39 is 0 Å². The van der Waals surface area contributed by atoms with Gasteiger partial charge in [-0.2, -0.15) is 0 Å². The summed E-state index contributed by atoms with van der Waals surface area (Å²) in [5.41, 5.74) is 10.9. The number of aryl methyl sites for hydroxylation is 1. The van der Waals surface area contributed by atoms with Crippen molar-refractivity contribution >= 4 is 58.2 Å². The predicted octanol–water partition coefficient (Wildman–Crippen LogP) is 5.92. The summed E-state index contributed by atoms with van der Waals surface area (Å²) in [6.45, 7) is 1.84. The third kappa shape index (κ3) is 5.21. The summed E-state index contributed by atoms with van der Waals surface area (Å²) in [6, 6.07) is 20.2. The number of nitrogens with two attached hydrogens (primary N) is 1. The average Bonchev–Trinajstić information content (AvgIpc) is 3.42. The van der Waals surface area contributed by atoms with Crippen LogP contribution in [0.1, 0.15) is 5.56 Å². The fraction of sp³-hybridized carbons (Fsp3) is 0.0741. The van der Waals surface area contributed by atoms with E-state index in [4.69, 9.17) is 18.0 Å². The number of fused-ring (bicyclic) bond motifs is 1. The Morgan fingerprint density at radius 1 is 1.08 bits per heavy atom. The quantitative estimate of drug-likeness (QED) is 0.183. The predicted molar refractivity (Wildman–Crippen MR) is 148 cm³/mol. The van der Waals surface area contributed by atoms with Gasteiger partial charge in [-0.25, -0.2) is 4.39 Å². The summed E-state index contributed by atoms with van der Waals surface area (Å²) < 4.78 is 19.6. The van der Waals surface area contributed by atoms with Gasteiger partial charge in [-0.15, -0.1) is 0 Å². The number of rotatable bonds is 8. The molecule has 1 radical (unpaired) electrons. The van der Waals surface area contributed by atoms with Gasteiger partial charge in [-0.1, -0.05) is 0 Å². The van der Waals surface area contributed by atoms with Crippen LogP contribution in [-0.4, -0.2) is 29.6 Å². The second kappa shape index (κ2) is 10.2. The third-order valence-corrected chi connectivity index (χ3v) is 6.49. The van der Waals surface area contributed by atoms with Crippen LogP contribution in [0.4, 0.5) is 27.3 Å². The van der Waals surface area contributed by atoms with Crippen LogP contribution in [0, 0.1) is 12.7 Å². The van der Waals surface area contributed by atoms with Gasteiger partial charge in [0.05, 0.1) is 0 Å². The van der Waals surface area contributed by atoms with E-state index in [0.29, 0.717) is 28.4 Å². The fourth-order valence-electron chi connectivity index (χ4n) is 3.72. The Labute approximate surface area is 213 Å². The Morgan fingerprint density at radius 2 is 1.97 bits per heavy atom. The van der Waals surface area contributed by atoms with Crippen LogP contribution in [0.15, 0.2) is 78.4 Å². The molecule has 9 heteroatoms. The minimum absolute atomic E-state index is 0.127. The molecule has 0 amide bonds. The zero-order chi connectivity index (χ0) is 25.1. The van der Waals surface area contributed by atoms with Gasteiger partial charge in [0.15, 0.2) is 0 Å². The summed E-state index contributed by atoms with van der Waals surface area (Å²) in [5, 5.41) is 9.18. The normalized spacial score (nSPS) is 10.8. The van der Waals surface area contributed by atoms with E-state index in [2.05, 4.69) is 26.7 Å².